The van der Waals surface area contributed by atoms with Crippen molar-refractivity contribution in [3.05, 3.63) is 124 Å². The molecule has 4 aromatic carbocycles. The van der Waals surface area contributed by atoms with Crippen LogP contribution in [-0.2, 0) is 6.61 Å². The second-order valence-corrected chi connectivity index (χ2v) is 9.00. The number of non-ortho nitro benzene ring substituents is 1. The molecule has 34 heavy (non-hydrogen) atoms. The van der Waals surface area contributed by atoms with E-state index in [4.69, 9.17) is 4.74 Å². The zero-order valence-corrected chi connectivity index (χ0v) is 18.6. The lowest BCUT2D eigenvalue weighted by molar-refractivity contribution is -0.384. The lowest BCUT2D eigenvalue weighted by Crippen LogP contribution is -2.29. The van der Waals surface area contributed by atoms with Crippen LogP contribution in [0.2, 0.25) is 0 Å². The zero-order valence-electron chi connectivity index (χ0n) is 18.6. The van der Waals surface area contributed by atoms with E-state index in [0.29, 0.717) is 12.5 Å². The normalized spacial score (nSPS) is 20.4. The predicted octanol–water partition coefficient (Wildman–Crippen LogP) is 7.15. The third-order valence-corrected chi connectivity index (χ3v) is 7.07. The summed E-state index contributed by atoms with van der Waals surface area (Å²) in [5.41, 5.74) is 4.49. The van der Waals surface area contributed by atoms with E-state index in [1.165, 1.54) is 21.9 Å². The third kappa shape index (κ3) is 3.59. The quantitative estimate of drug-likeness (QED) is 0.200. The van der Waals surface area contributed by atoms with E-state index in [1.807, 2.05) is 18.2 Å². The van der Waals surface area contributed by atoms with Crippen LogP contribution in [0.4, 0.5) is 11.4 Å². The van der Waals surface area contributed by atoms with Crippen molar-refractivity contribution >= 4 is 22.1 Å². The smallest absolute Gasteiger partial charge is 0.269 e. The van der Waals surface area contributed by atoms with Crippen LogP contribution < -0.4 is 10.1 Å². The fourth-order valence-corrected chi connectivity index (χ4v) is 5.38. The molecule has 2 aliphatic rings. The van der Waals surface area contributed by atoms with E-state index in [0.717, 1.165) is 23.4 Å². The highest BCUT2D eigenvalue weighted by atomic mass is 16.6. The van der Waals surface area contributed by atoms with Gasteiger partial charge >= 0.3 is 0 Å². The Kier molecular flexibility index (Phi) is 5.02. The van der Waals surface area contributed by atoms with Crippen molar-refractivity contribution < 1.29 is 9.66 Å². The molecule has 168 valence electrons. The topological polar surface area (TPSA) is 64.4 Å². The van der Waals surface area contributed by atoms with E-state index < -0.39 is 0 Å². The van der Waals surface area contributed by atoms with Crippen LogP contribution in [0.1, 0.15) is 35.1 Å². The molecule has 0 fully saturated rings. The van der Waals surface area contributed by atoms with Crippen LogP contribution in [0.3, 0.4) is 0 Å². The van der Waals surface area contributed by atoms with Gasteiger partial charge in [-0.2, -0.15) is 0 Å². The number of allylic oxidation sites excluding steroid dienone is 2. The summed E-state index contributed by atoms with van der Waals surface area (Å²) in [6.07, 6.45) is 5.34. The van der Waals surface area contributed by atoms with Crippen molar-refractivity contribution in [3.63, 3.8) is 0 Å². The first-order valence-electron chi connectivity index (χ1n) is 11.6. The van der Waals surface area contributed by atoms with Gasteiger partial charge < -0.3 is 10.1 Å². The molecule has 1 aliphatic carbocycles. The molecule has 4 aromatic rings. The van der Waals surface area contributed by atoms with Crippen molar-refractivity contribution in [2.24, 2.45) is 5.92 Å². The molecule has 0 aromatic heterocycles. The van der Waals surface area contributed by atoms with Gasteiger partial charge in [0, 0.05) is 23.7 Å². The molecule has 0 spiro atoms. The molecular formula is C29H24N2O3. The molecule has 0 bridgehead atoms. The summed E-state index contributed by atoms with van der Waals surface area (Å²) >= 11 is 0. The second kappa shape index (κ2) is 8.34. The van der Waals surface area contributed by atoms with Gasteiger partial charge in [-0.25, -0.2) is 0 Å². The molecule has 0 saturated carbocycles. The molecule has 0 unspecified atom stereocenters. The van der Waals surface area contributed by atoms with E-state index in [-0.39, 0.29) is 22.6 Å². The van der Waals surface area contributed by atoms with Crippen molar-refractivity contribution in [3.8, 4) is 5.75 Å². The van der Waals surface area contributed by atoms with E-state index in [1.54, 1.807) is 12.1 Å². The first-order valence-corrected chi connectivity index (χ1v) is 11.6. The number of benzene rings is 4. The number of rotatable bonds is 5. The van der Waals surface area contributed by atoms with Gasteiger partial charge in [0.25, 0.3) is 5.69 Å². The third-order valence-electron chi connectivity index (χ3n) is 7.07. The largest absolute Gasteiger partial charge is 0.489 e. The van der Waals surface area contributed by atoms with Crippen LogP contribution in [-0.4, -0.2) is 4.92 Å². The predicted molar refractivity (Wildman–Crippen MR) is 134 cm³/mol. The molecule has 3 atom stereocenters. The minimum atomic E-state index is -0.322. The first kappa shape index (κ1) is 20.5. The highest BCUT2D eigenvalue weighted by Crippen LogP contribution is 2.50. The second-order valence-electron chi connectivity index (χ2n) is 9.00. The fourth-order valence-electron chi connectivity index (χ4n) is 5.38. The van der Waals surface area contributed by atoms with Crippen LogP contribution in [0.5, 0.6) is 5.75 Å². The molecular weight excluding hydrogens is 424 g/mol. The van der Waals surface area contributed by atoms with Gasteiger partial charge in [-0.15, -0.1) is 0 Å². The Morgan fingerprint density at radius 1 is 0.971 bits per heavy atom. The number of anilines is 1. The number of hydrogen-bond acceptors (Lipinski definition) is 4. The molecule has 6 rings (SSSR count). The molecule has 1 N–H and O–H groups in total. The summed E-state index contributed by atoms with van der Waals surface area (Å²) in [6, 6.07) is 28.2. The summed E-state index contributed by atoms with van der Waals surface area (Å²) in [4.78, 5) is 10.9. The Labute approximate surface area is 197 Å². The van der Waals surface area contributed by atoms with Crippen LogP contribution in [0.15, 0.2) is 97.1 Å². The molecule has 5 nitrogen and oxygen atoms in total. The Bertz CT molecular complexity index is 1410. The summed E-state index contributed by atoms with van der Waals surface area (Å²) < 4.78 is 6.12. The van der Waals surface area contributed by atoms with Gasteiger partial charge in [-0.3, -0.25) is 10.1 Å². The van der Waals surface area contributed by atoms with E-state index in [2.05, 4.69) is 72.1 Å². The maximum absolute atomic E-state index is 11.3. The van der Waals surface area contributed by atoms with Crippen molar-refractivity contribution in [2.75, 3.05) is 5.32 Å². The number of nitro benzene ring substituents is 1. The van der Waals surface area contributed by atoms with Gasteiger partial charge in [0.05, 0.1) is 11.0 Å². The van der Waals surface area contributed by atoms with E-state index in [9.17, 15) is 10.1 Å². The number of fused-ring (bicyclic) bond motifs is 4. The Balaban J connectivity index is 1.22. The minimum absolute atomic E-state index is 0.140. The van der Waals surface area contributed by atoms with Gasteiger partial charge in [0.15, 0.2) is 0 Å². The maximum Gasteiger partial charge on any atom is 0.269 e. The Morgan fingerprint density at radius 3 is 2.65 bits per heavy atom. The number of nitrogens with zero attached hydrogens (tertiary/aromatic N) is 1. The van der Waals surface area contributed by atoms with Crippen molar-refractivity contribution in [1.29, 1.82) is 0 Å². The lowest BCUT2D eigenvalue weighted by atomic mass is 9.77. The summed E-state index contributed by atoms with van der Waals surface area (Å²) in [7, 11) is 0. The van der Waals surface area contributed by atoms with Crippen LogP contribution in [0, 0.1) is 16.0 Å². The monoisotopic (exact) mass is 448 g/mol. The molecule has 0 radical (unpaired) electrons. The average Bonchev–Trinajstić information content (AvgIpc) is 3.37. The summed E-state index contributed by atoms with van der Waals surface area (Å²) in [5.74, 6) is 1.35. The first-order chi connectivity index (χ1) is 16.7. The highest BCUT2D eigenvalue weighted by molar-refractivity contribution is 5.85. The number of ether oxygens (including phenoxy) is 1. The number of nitrogens with one attached hydrogen (secondary N) is 1. The summed E-state index contributed by atoms with van der Waals surface area (Å²) in [6.45, 7) is 0.517. The lowest BCUT2D eigenvalue weighted by Gasteiger charge is -2.37. The molecule has 1 aliphatic heterocycles. The number of nitro groups is 1. The molecule has 5 heteroatoms. The van der Waals surface area contributed by atoms with Crippen molar-refractivity contribution in [2.45, 2.75) is 25.0 Å². The van der Waals surface area contributed by atoms with Gasteiger partial charge in [0.2, 0.25) is 0 Å². The van der Waals surface area contributed by atoms with E-state index >= 15 is 0 Å². The minimum Gasteiger partial charge on any atom is -0.489 e. The average molecular weight is 449 g/mol. The SMILES string of the molecule is O=[N+]([O-])c1ccc2c(c1)[C@@H]1C=CC[C@@H]1[C@H](c1ccc(OCc3cccc4ccccc34)cc1)N2. The fraction of sp³-hybridized carbons (Fsp3) is 0.172. The molecule has 0 amide bonds. The Morgan fingerprint density at radius 2 is 1.79 bits per heavy atom. The molecule has 1 heterocycles. The van der Waals surface area contributed by atoms with Gasteiger partial charge in [-0.1, -0.05) is 66.7 Å². The maximum atomic E-state index is 11.3. The standard InChI is InChI=1S/C29H24N2O3/c32-31(33)22-13-16-28-27(17-22)25-9-4-10-26(25)29(30-28)20-11-14-23(15-12-20)34-18-21-7-3-6-19-5-1-2-8-24(19)21/h1-9,11-17,25-26,29-30H,10,18H2/t25-,26+,29+/m1/s1. The zero-order chi connectivity index (χ0) is 23.1. The highest BCUT2D eigenvalue weighted by Gasteiger charge is 2.38. The van der Waals surface area contributed by atoms with Crippen LogP contribution >= 0.6 is 0 Å². The Hall–Kier alpha value is -4.12. The van der Waals surface area contributed by atoms with Crippen molar-refractivity contribution in [1.82, 2.24) is 0 Å². The number of hydrogen-bond donors (Lipinski definition) is 1. The molecule has 0 saturated heterocycles. The summed E-state index contributed by atoms with van der Waals surface area (Å²) in [5, 5.41) is 17.3. The van der Waals surface area contributed by atoms with Gasteiger partial charge in [-0.05, 0) is 58.0 Å². The van der Waals surface area contributed by atoms with Gasteiger partial charge in [0.1, 0.15) is 12.4 Å². The van der Waals surface area contributed by atoms with Crippen LogP contribution in [0.25, 0.3) is 10.8 Å².